The number of ether oxygens (including phenoxy) is 2. The van der Waals surface area contributed by atoms with Crippen LogP contribution >= 0.6 is 11.5 Å². The molecule has 0 atom stereocenters. The quantitative estimate of drug-likeness (QED) is 0.718. The summed E-state index contributed by atoms with van der Waals surface area (Å²) in [5.41, 5.74) is 0.0777. The van der Waals surface area contributed by atoms with Gasteiger partial charge in [0.2, 0.25) is 0 Å². The second-order valence-electron chi connectivity index (χ2n) is 6.31. The van der Waals surface area contributed by atoms with Crippen LogP contribution in [0.2, 0.25) is 0 Å². The van der Waals surface area contributed by atoms with Crippen molar-refractivity contribution in [3.05, 3.63) is 22.5 Å². The number of hydrogen-bond acceptors (Lipinski definition) is 5. The van der Waals surface area contributed by atoms with E-state index in [0.717, 1.165) is 30.6 Å². The van der Waals surface area contributed by atoms with E-state index < -0.39 is 0 Å². The number of benzene rings is 1. The van der Waals surface area contributed by atoms with Crippen LogP contribution < -0.4 is 15.0 Å². The number of aryl methyl sites for hydroxylation is 1. The number of piperidine rings is 1. The molecule has 132 valence electrons. The first kappa shape index (κ1) is 17.3. The monoisotopic (exact) mass is 350 g/mol. The van der Waals surface area contributed by atoms with E-state index in [1.54, 1.807) is 20.3 Å². The van der Waals surface area contributed by atoms with Crippen LogP contribution in [0.1, 0.15) is 32.1 Å². The molecule has 2 heterocycles. The van der Waals surface area contributed by atoms with E-state index in [1.807, 2.05) is 10.0 Å². The minimum atomic E-state index is 0.0777. The summed E-state index contributed by atoms with van der Waals surface area (Å²) in [7, 11) is 3.21. The maximum atomic E-state index is 12.6. The summed E-state index contributed by atoms with van der Waals surface area (Å²) < 4.78 is 13.4. The molecule has 5 nitrogen and oxygen atoms in total. The normalized spacial score (nSPS) is 15.8. The minimum Gasteiger partial charge on any atom is -0.493 e. The number of aromatic nitrogens is 1. The average Bonchev–Trinajstić information content (AvgIpc) is 2.93. The van der Waals surface area contributed by atoms with Crippen molar-refractivity contribution in [2.24, 2.45) is 0 Å². The van der Waals surface area contributed by atoms with Crippen molar-refractivity contribution in [3.8, 4) is 11.5 Å². The standard InChI is InChI=1S/C18H26N2O3S/c1-22-15-12-14-17(13-16(15)23-2)24-20(18(14)21)11-7-6-10-19-8-4-3-5-9-19/h12-13H,3-11H2,1-2H3. The van der Waals surface area contributed by atoms with Crippen molar-refractivity contribution in [2.45, 2.75) is 38.6 Å². The highest BCUT2D eigenvalue weighted by Crippen LogP contribution is 2.32. The van der Waals surface area contributed by atoms with Crippen LogP contribution in [0.25, 0.3) is 10.1 Å². The van der Waals surface area contributed by atoms with Gasteiger partial charge in [-0.2, -0.15) is 0 Å². The molecule has 24 heavy (non-hydrogen) atoms. The van der Waals surface area contributed by atoms with E-state index in [9.17, 15) is 4.79 Å². The second-order valence-corrected chi connectivity index (χ2v) is 7.37. The van der Waals surface area contributed by atoms with Crippen LogP contribution in [0.3, 0.4) is 0 Å². The molecule has 0 radical (unpaired) electrons. The summed E-state index contributed by atoms with van der Waals surface area (Å²) in [6, 6.07) is 3.68. The van der Waals surface area contributed by atoms with E-state index in [4.69, 9.17) is 9.47 Å². The van der Waals surface area contributed by atoms with Gasteiger partial charge in [0.1, 0.15) is 0 Å². The van der Waals surface area contributed by atoms with Crippen molar-refractivity contribution in [2.75, 3.05) is 33.9 Å². The third-order valence-corrected chi connectivity index (χ3v) is 5.79. The zero-order valence-corrected chi connectivity index (χ0v) is 15.4. The fourth-order valence-electron chi connectivity index (χ4n) is 3.32. The van der Waals surface area contributed by atoms with Gasteiger partial charge >= 0.3 is 0 Å². The number of unbranched alkanes of at least 4 members (excludes halogenated alkanes) is 1. The number of fused-ring (bicyclic) bond motifs is 1. The zero-order chi connectivity index (χ0) is 16.9. The van der Waals surface area contributed by atoms with E-state index >= 15 is 0 Å². The molecule has 1 fully saturated rings. The van der Waals surface area contributed by atoms with Crippen molar-refractivity contribution < 1.29 is 9.47 Å². The van der Waals surface area contributed by atoms with Gasteiger partial charge in [-0.3, -0.25) is 8.75 Å². The highest BCUT2D eigenvalue weighted by Gasteiger charge is 2.13. The lowest BCUT2D eigenvalue weighted by Crippen LogP contribution is -2.30. The van der Waals surface area contributed by atoms with Gasteiger partial charge < -0.3 is 14.4 Å². The number of rotatable bonds is 7. The summed E-state index contributed by atoms with van der Waals surface area (Å²) in [6.45, 7) is 4.42. The average molecular weight is 350 g/mol. The molecule has 2 aromatic rings. The first-order valence-electron chi connectivity index (χ1n) is 8.71. The van der Waals surface area contributed by atoms with Gasteiger partial charge in [-0.15, -0.1) is 0 Å². The van der Waals surface area contributed by atoms with Crippen LogP contribution in [-0.4, -0.2) is 42.7 Å². The lowest BCUT2D eigenvalue weighted by molar-refractivity contribution is 0.224. The number of nitrogens with zero attached hydrogens (tertiary/aromatic N) is 2. The van der Waals surface area contributed by atoms with E-state index in [1.165, 1.54) is 43.9 Å². The van der Waals surface area contributed by atoms with Crippen LogP contribution in [-0.2, 0) is 6.54 Å². The Morgan fingerprint density at radius 1 is 1.00 bits per heavy atom. The van der Waals surface area contributed by atoms with Gasteiger partial charge in [-0.1, -0.05) is 18.0 Å². The van der Waals surface area contributed by atoms with Crippen LogP contribution in [0.4, 0.5) is 0 Å². The molecule has 1 saturated heterocycles. The lowest BCUT2D eigenvalue weighted by Gasteiger charge is -2.26. The highest BCUT2D eigenvalue weighted by atomic mass is 32.1. The molecule has 6 heteroatoms. The molecule has 0 amide bonds. The fraction of sp³-hybridized carbons (Fsp3) is 0.611. The largest absolute Gasteiger partial charge is 0.493 e. The van der Waals surface area contributed by atoms with Crippen LogP contribution in [0.15, 0.2) is 16.9 Å². The molecule has 0 bridgehead atoms. The molecule has 0 aliphatic carbocycles. The first-order chi connectivity index (χ1) is 11.7. The Morgan fingerprint density at radius 3 is 2.38 bits per heavy atom. The molecule has 1 aliphatic rings. The third-order valence-electron chi connectivity index (χ3n) is 4.69. The molecular formula is C18H26N2O3S. The Hall–Kier alpha value is -1.53. The Bertz CT molecular complexity index is 732. The molecule has 0 N–H and O–H groups in total. The fourth-order valence-corrected chi connectivity index (χ4v) is 4.36. The minimum absolute atomic E-state index is 0.0777. The second kappa shape index (κ2) is 8.03. The molecule has 0 spiro atoms. The zero-order valence-electron chi connectivity index (χ0n) is 14.5. The summed E-state index contributed by atoms with van der Waals surface area (Å²) >= 11 is 1.51. The van der Waals surface area contributed by atoms with Gasteiger partial charge in [-0.25, -0.2) is 0 Å². The van der Waals surface area contributed by atoms with Gasteiger partial charge in [0, 0.05) is 12.6 Å². The van der Waals surface area contributed by atoms with Gasteiger partial charge in [0.05, 0.1) is 24.3 Å². The van der Waals surface area contributed by atoms with E-state index in [0.29, 0.717) is 16.9 Å². The summed E-state index contributed by atoms with van der Waals surface area (Å²) in [4.78, 5) is 15.1. The Kier molecular flexibility index (Phi) is 5.79. The number of likely N-dealkylation sites (tertiary alicyclic amines) is 1. The van der Waals surface area contributed by atoms with Crippen molar-refractivity contribution in [1.82, 2.24) is 8.86 Å². The summed E-state index contributed by atoms with van der Waals surface area (Å²) in [6.07, 6.45) is 6.23. The summed E-state index contributed by atoms with van der Waals surface area (Å²) in [5.74, 6) is 1.28. The molecule has 0 unspecified atom stereocenters. The molecule has 0 saturated carbocycles. The van der Waals surface area contributed by atoms with E-state index in [-0.39, 0.29) is 5.56 Å². The van der Waals surface area contributed by atoms with Gasteiger partial charge in [0.15, 0.2) is 11.5 Å². The number of methoxy groups -OCH3 is 2. The van der Waals surface area contributed by atoms with Crippen LogP contribution in [0.5, 0.6) is 11.5 Å². The Morgan fingerprint density at radius 2 is 1.67 bits per heavy atom. The Labute approximate surface area is 146 Å². The van der Waals surface area contributed by atoms with Gasteiger partial charge in [-0.05, 0) is 51.4 Å². The third kappa shape index (κ3) is 3.75. The molecule has 1 aromatic heterocycles. The van der Waals surface area contributed by atoms with Crippen molar-refractivity contribution in [3.63, 3.8) is 0 Å². The molecule has 3 rings (SSSR count). The van der Waals surface area contributed by atoms with Crippen molar-refractivity contribution >= 4 is 21.6 Å². The highest BCUT2D eigenvalue weighted by molar-refractivity contribution is 7.13. The predicted octanol–water partition coefficient (Wildman–Crippen LogP) is 3.35. The lowest BCUT2D eigenvalue weighted by atomic mass is 10.1. The Balaban J connectivity index is 1.64. The van der Waals surface area contributed by atoms with E-state index in [2.05, 4.69) is 4.90 Å². The first-order valence-corrected chi connectivity index (χ1v) is 9.48. The molecule has 1 aromatic carbocycles. The maximum Gasteiger partial charge on any atom is 0.268 e. The van der Waals surface area contributed by atoms with Crippen LogP contribution in [0, 0.1) is 0 Å². The number of hydrogen-bond donors (Lipinski definition) is 0. The van der Waals surface area contributed by atoms with Crippen molar-refractivity contribution in [1.29, 1.82) is 0 Å². The topological polar surface area (TPSA) is 43.7 Å². The SMILES string of the molecule is COc1cc2sn(CCCCN3CCCCC3)c(=O)c2cc1OC. The summed E-state index contributed by atoms with van der Waals surface area (Å²) in [5, 5.41) is 0.716. The maximum absolute atomic E-state index is 12.6. The predicted molar refractivity (Wildman–Crippen MR) is 98.7 cm³/mol. The molecular weight excluding hydrogens is 324 g/mol. The van der Waals surface area contributed by atoms with Gasteiger partial charge in [0.25, 0.3) is 5.56 Å². The smallest absolute Gasteiger partial charge is 0.268 e. The molecule has 1 aliphatic heterocycles.